The van der Waals surface area contributed by atoms with Crippen molar-refractivity contribution in [3.8, 4) is 0 Å². The summed E-state index contributed by atoms with van der Waals surface area (Å²) < 4.78 is 0. The van der Waals surface area contributed by atoms with Gasteiger partial charge in [-0.15, -0.1) is 0 Å². The number of halogens is 1. The van der Waals surface area contributed by atoms with Gasteiger partial charge in [0.15, 0.2) is 0 Å². The van der Waals surface area contributed by atoms with Gasteiger partial charge in [-0.1, -0.05) is 54.1 Å². The van der Waals surface area contributed by atoms with Crippen molar-refractivity contribution in [1.29, 1.82) is 0 Å². The second-order valence-electron chi connectivity index (χ2n) is 5.63. The van der Waals surface area contributed by atoms with Crippen LogP contribution >= 0.6 is 11.6 Å². The molecule has 0 spiro atoms. The van der Waals surface area contributed by atoms with Gasteiger partial charge in [-0.3, -0.25) is 19.3 Å². The molecule has 0 unspecified atom stereocenters. The molecule has 25 heavy (non-hydrogen) atoms. The minimum Gasteiger partial charge on any atom is -0.326 e. The van der Waals surface area contributed by atoms with Crippen LogP contribution in [0.3, 0.4) is 0 Å². The Labute approximate surface area is 149 Å². The molecule has 0 fully saturated rings. The number of rotatable bonds is 4. The quantitative estimate of drug-likeness (QED) is 0.858. The number of nitrogens with one attached hydrogen (secondary N) is 1. The van der Waals surface area contributed by atoms with E-state index in [1.54, 1.807) is 24.3 Å². The van der Waals surface area contributed by atoms with E-state index in [1.165, 1.54) is 6.92 Å². The lowest BCUT2D eigenvalue weighted by molar-refractivity contribution is -0.137. The average molecular weight is 355 g/mol. The molecule has 1 aliphatic heterocycles. The van der Waals surface area contributed by atoms with Crippen molar-refractivity contribution in [2.45, 2.75) is 13.5 Å². The van der Waals surface area contributed by atoms with Crippen LogP contribution in [0.4, 0.5) is 5.69 Å². The molecule has 0 aromatic heterocycles. The first-order chi connectivity index (χ1) is 12.0. The number of benzene rings is 2. The second kappa shape index (κ2) is 6.91. The number of hydrogen-bond acceptors (Lipinski definition) is 3. The lowest BCUT2D eigenvalue weighted by atomic mass is 10.1. The maximum Gasteiger partial charge on any atom is 0.273 e. The normalized spacial score (nSPS) is 14.2. The SMILES string of the molecule is CC(=O)Nc1ccc(C2=C(Cl)C(=O)N(Cc3ccccc3)C2=O)cc1. The molecule has 3 rings (SSSR count). The molecule has 1 aliphatic rings. The van der Waals surface area contributed by atoms with E-state index in [-0.39, 0.29) is 23.1 Å². The zero-order valence-electron chi connectivity index (χ0n) is 13.5. The Morgan fingerprint density at radius 2 is 1.64 bits per heavy atom. The van der Waals surface area contributed by atoms with Crippen LogP contribution in [0.25, 0.3) is 5.57 Å². The average Bonchev–Trinajstić information content (AvgIpc) is 2.80. The molecule has 0 saturated heterocycles. The highest BCUT2D eigenvalue weighted by molar-refractivity contribution is 6.55. The van der Waals surface area contributed by atoms with Gasteiger partial charge in [0.05, 0.1) is 12.1 Å². The van der Waals surface area contributed by atoms with Crippen LogP contribution in [-0.4, -0.2) is 22.6 Å². The Hall–Kier alpha value is -2.92. The van der Waals surface area contributed by atoms with Crippen LogP contribution in [0.2, 0.25) is 0 Å². The molecule has 2 aromatic rings. The third kappa shape index (κ3) is 3.46. The van der Waals surface area contributed by atoms with Gasteiger partial charge in [0.2, 0.25) is 5.91 Å². The van der Waals surface area contributed by atoms with Gasteiger partial charge in [0.25, 0.3) is 11.8 Å². The number of hydrogen-bond donors (Lipinski definition) is 1. The van der Waals surface area contributed by atoms with Crippen LogP contribution in [0, 0.1) is 0 Å². The molecule has 0 saturated carbocycles. The third-order valence-electron chi connectivity index (χ3n) is 3.79. The molecule has 126 valence electrons. The van der Waals surface area contributed by atoms with Crippen molar-refractivity contribution in [3.05, 3.63) is 70.8 Å². The molecule has 2 aromatic carbocycles. The first kappa shape index (κ1) is 16.9. The number of amides is 3. The molecule has 6 heteroatoms. The Bertz CT molecular complexity index is 873. The molecule has 5 nitrogen and oxygen atoms in total. The van der Waals surface area contributed by atoms with Gasteiger partial charge in [-0.05, 0) is 23.3 Å². The van der Waals surface area contributed by atoms with E-state index in [9.17, 15) is 14.4 Å². The smallest absolute Gasteiger partial charge is 0.273 e. The lowest BCUT2D eigenvalue weighted by Crippen LogP contribution is -2.30. The molecule has 0 bridgehead atoms. The summed E-state index contributed by atoms with van der Waals surface area (Å²) in [5.41, 5.74) is 2.16. The van der Waals surface area contributed by atoms with Crippen molar-refractivity contribution in [2.75, 3.05) is 5.32 Å². The Morgan fingerprint density at radius 1 is 1.00 bits per heavy atom. The van der Waals surface area contributed by atoms with E-state index in [4.69, 9.17) is 11.6 Å². The minimum absolute atomic E-state index is 0.0896. The molecule has 0 aliphatic carbocycles. The predicted molar refractivity (Wildman–Crippen MR) is 95.5 cm³/mol. The van der Waals surface area contributed by atoms with Crippen molar-refractivity contribution in [1.82, 2.24) is 4.90 Å². The second-order valence-corrected chi connectivity index (χ2v) is 6.01. The summed E-state index contributed by atoms with van der Waals surface area (Å²) in [6.07, 6.45) is 0. The zero-order valence-corrected chi connectivity index (χ0v) is 14.2. The number of carbonyl (C=O) groups is 3. The van der Waals surface area contributed by atoms with Gasteiger partial charge in [0, 0.05) is 12.6 Å². The van der Waals surface area contributed by atoms with Gasteiger partial charge in [-0.25, -0.2) is 0 Å². The van der Waals surface area contributed by atoms with E-state index >= 15 is 0 Å². The number of anilines is 1. The third-order valence-corrected chi connectivity index (χ3v) is 4.14. The van der Waals surface area contributed by atoms with E-state index in [0.717, 1.165) is 10.5 Å². The summed E-state index contributed by atoms with van der Waals surface area (Å²) in [5, 5.41) is 2.56. The van der Waals surface area contributed by atoms with Crippen LogP contribution in [0.1, 0.15) is 18.1 Å². The first-order valence-corrected chi connectivity index (χ1v) is 8.03. The summed E-state index contributed by atoms with van der Waals surface area (Å²) in [5.74, 6) is -1.12. The van der Waals surface area contributed by atoms with Crippen LogP contribution in [-0.2, 0) is 20.9 Å². The minimum atomic E-state index is -0.503. The Balaban J connectivity index is 1.85. The molecular weight excluding hydrogens is 340 g/mol. The standard InChI is InChI=1S/C19H15ClN2O3/c1-12(23)21-15-9-7-14(8-10-15)16-17(20)19(25)22(18(16)24)11-13-5-3-2-4-6-13/h2-10H,11H2,1H3,(H,21,23). The molecule has 0 radical (unpaired) electrons. The predicted octanol–water partition coefficient (Wildman–Crippen LogP) is 3.16. The van der Waals surface area contributed by atoms with E-state index < -0.39 is 11.8 Å². The van der Waals surface area contributed by atoms with Crippen LogP contribution < -0.4 is 5.32 Å². The molecule has 3 amide bonds. The zero-order chi connectivity index (χ0) is 18.0. The van der Waals surface area contributed by atoms with Gasteiger partial charge in [0.1, 0.15) is 5.03 Å². The number of nitrogens with zero attached hydrogens (tertiary/aromatic N) is 1. The summed E-state index contributed by atoms with van der Waals surface area (Å²) in [7, 11) is 0. The van der Waals surface area contributed by atoms with Crippen LogP contribution in [0.5, 0.6) is 0 Å². The fourth-order valence-electron chi connectivity index (χ4n) is 2.63. The maximum absolute atomic E-state index is 12.7. The number of carbonyl (C=O) groups excluding carboxylic acids is 3. The molecular formula is C19H15ClN2O3. The molecule has 1 N–H and O–H groups in total. The van der Waals surface area contributed by atoms with E-state index in [2.05, 4.69) is 5.32 Å². The van der Waals surface area contributed by atoms with Gasteiger partial charge >= 0.3 is 0 Å². The van der Waals surface area contributed by atoms with Gasteiger partial charge < -0.3 is 5.32 Å². The fraction of sp³-hybridized carbons (Fsp3) is 0.105. The Morgan fingerprint density at radius 3 is 2.24 bits per heavy atom. The largest absolute Gasteiger partial charge is 0.326 e. The number of imide groups is 1. The van der Waals surface area contributed by atoms with Crippen molar-refractivity contribution < 1.29 is 14.4 Å². The highest BCUT2D eigenvalue weighted by Gasteiger charge is 2.38. The summed E-state index contributed by atoms with van der Waals surface area (Å²) in [4.78, 5) is 37.3. The first-order valence-electron chi connectivity index (χ1n) is 7.65. The topological polar surface area (TPSA) is 66.5 Å². The summed E-state index contributed by atoms with van der Waals surface area (Å²) >= 11 is 6.14. The molecule has 1 heterocycles. The summed E-state index contributed by atoms with van der Waals surface area (Å²) in [6.45, 7) is 1.58. The maximum atomic E-state index is 12.7. The van der Waals surface area contributed by atoms with Crippen molar-refractivity contribution >= 4 is 40.6 Å². The van der Waals surface area contributed by atoms with E-state index in [0.29, 0.717) is 11.3 Å². The molecule has 0 atom stereocenters. The van der Waals surface area contributed by atoms with Crippen LogP contribution in [0.15, 0.2) is 59.6 Å². The van der Waals surface area contributed by atoms with Crippen molar-refractivity contribution in [2.24, 2.45) is 0 Å². The highest BCUT2D eigenvalue weighted by atomic mass is 35.5. The fourth-order valence-corrected chi connectivity index (χ4v) is 2.92. The van der Waals surface area contributed by atoms with Gasteiger partial charge in [-0.2, -0.15) is 0 Å². The lowest BCUT2D eigenvalue weighted by Gasteiger charge is -2.14. The summed E-state index contributed by atoms with van der Waals surface area (Å²) in [6, 6.07) is 15.9. The highest BCUT2D eigenvalue weighted by Crippen LogP contribution is 2.33. The van der Waals surface area contributed by atoms with E-state index in [1.807, 2.05) is 30.3 Å². The monoisotopic (exact) mass is 354 g/mol. The Kier molecular flexibility index (Phi) is 4.67. The van der Waals surface area contributed by atoms with Crippen molar-refractivity contribution in [3.63, 3.8) is 0 Å².